The van der Waals surface area contributed by atoms with Crippen molar-refractivity contribution in [2.45, 2.75) is 13.8 Å². The molecule has 0 saturated heterocycles. The maximum atomic E-state index is 11.9. The molecular formula is C23H25N3O2. The van der Waals surface area contributed by atoms with Gasteiger partial charge in [0.2, 0.25) is 0 Å². The van der Waals surface area contributed by atoms with Crippen LogP contribution in [0, 0.1) is 0 Å². The zero-order chi connectivity index (χ0) is 19.8. The number of anilines is 1. The maximum Gasteiger partial charge on any atom is 0.277 e. The minimum absolute atomic E-state index is 0.0867. The highest BCUT2D eigenvalue weighted by Gasteiger charge is 2.03. The van der Waals surface area contributed by atoms with Gasteiger partial charge in [-0.3, -0.25) is 4.79 Å². The van der Waals surface area contributed by atoms with Crippen LogP contribution >= 0.6 is 0 Å². The number of amides is 1. The summed E-state index contributed by atoms with van der Waals surface area (Å²) in [4.78, 5) is 14.2. The molecule has 0 radical (unpaired) electrons. The van der Waals surface area contributed by atoms with Crippen LogP contribution in [-0.4, -0.2) is 31.8 Å². The lowest BCUT2D eigenvalue weighted by Gasteiger charge is -2.20. The van der Waals surface area contributed by atoms with Crippen molar-refractivity contribution in [3.8, 4) is 5.75 Å². The number of nitrogens with one attached hydrogen (secondary N) is 1. The topological polar surface area (TPSA) is 53.9 Å². The standard InChI is InChI=1S/C23H25N3O2/c1-3-26(4-2)21-12-9-18(10-13-21)16-24-25-23(27)17-28-22-14-11-19-7-5-6-8-20(19)15-22/h5-16H,3-4,17H2,1-2H3,(H,25,27)/b24-16-. The molecule has 0 saturated carbocycles. The molecule has 5 heteroatoms. The normalized spacial score (nSPS) is 10.9. The summed E-state index contributed by atoms with van der Waals surface area (Å²) in [6.45, 7) is 6.12. The Hall–Kier alpha value is -3.34. The first-order chi connectivity index (χ1) is 13.7. The summed E-state index contributed by atoms with van der Waals surface area (Å²) in [5.74, 6) is 0.356. The number of nitrogens with zero attached hydrogens (tertiary/aromatic N) is 2. The molecule has 28 heavy (non-hydrogen) atoms. The van der Waals surface area contributed by atoms with E-state index in [2.05, 4.69) is 41.4 Å². The quantitative estimate of drug-likeness (QED) is 0.474. The Balaban J connectivity index is 1.49. The van der Waals surface area contributed by atoms with E-state index < -0.39 is 0 Å². The average molecular weight is 375 g/mol. The van der Waals surface area contributed by atoms with Crippen molar-refractivity contribution in [3.05, 3.63) is 72.3 Å². The Morgan fingerprint density at radius 1 is 1.00 bits per heavy atom. The summed E-state index contributed by atoms with van der Waals surface area (Å²) >= 11 is 0. The van der Waals surface area contributed by atoms with Gasteiger partial charge in [0.1, 0.15) is 5.75 Å². The molecule has 0 spiro atoms. The van der Waals surface area contributed by atoms with E-state index in [4.69, 9.17) is 4.74 Å². The van der Waals surface area contributed by atoms with Crippen molar-refractivity contribution in [1.29, 1.82) is 0 Å². The summed E-state index contributed by atoms with van der Waals surface area (Å²) < 4.78 is 5.55. The molecular weight excluding hydrogens is 350 g/mol. The zero-order valence-corrected chi connectivity index (χ0v) is 16.3. The fraction of sp³-hybridized carbons (Fsp3) is 0.217. The molecule has 0 bridgehead atoms. The second-order valence-electron chi connectivity index (χ2n) is 6.35. The third kappa shape index (κ3) is 5.10. The van der Waals surface area contributed by atoms with Crippen LogP contribution in [0.4, 0.5) is 5.69 Å². The molecule has 0 aliphatic rings. The highest BCUT2D eigenvalue weighted by molar-refractivity contribution is 5.85. The summed E-state index contributed by atoms with van der Waals surface area (Å²) in [7, 11) is 0. The number of benzene rings is 3. The number of carbonyl (C=O) groups is 1. The summed E-state index contributed by atoms with van der Waals surface area (Å²) in [5, 5.41) is 6.21. The number of carbonyl (C=O) groups excluding carboxylic acids is 1. The van der Waals surface area contributed by atoms with Gasteiger partial charge in [-0.15, -0.1) is 0 Å². The van der Waals surface area contributed by atoms with E-state index >= 15 is 0 Å². The lowest BCUT2D eigenvalue weighted by atomic mass is 10.1. The predicted octanol–water partition coefficient (Wildman–Crippen LogP) is 4.22. The van der Waals surface area contributed by atoms with Crippen LogP contribution in [0.2, 0.25) is 0 Å². The number of ether oxygens (including phenoxy) is 1. The summed E-state index contributed by atoms with van der Waals surface area (Å²) in [6, 6.07) is 21.8. The fourth-order valence-electron chi connectivity index (χ4n) is 2.98. The number of rotatable bonds is 8. The van der Waals surface area contributed by atoms with Crippen LogP contribution in [0.1, 0.15) is 19.4 Å². The van der Waals surface area contributed by atoms with Crippen molar-refractivity contribution in [2.75, 3.05) is 24.6 Å². The van der Waals surface area contributed by atoms with E-state index in [1.165, 1.54) is 5.69 Å². The number of fused-ring (bicyclic) bond motifs is 1. The Kier molecular flexibility index (Phi) is 6.63. The minimum atomic E-state index is -0.302. The van der Waals surface area contributed by atoms with Gasteiger partial charge in [0.15, 0.2) is 6.61 Å². The van der Waals surface area contributed by atoms with Crippen molar-refractivity contribution in [3.63, 3.8) is 0 Å². The third-order valence-corrected chi connectivity index (χ3v) is 4.52. The molecule has 0 fully saturated rings. The third-order valence-electron chi connectivity index (χ3n) is 4.52. The van der Waals surface area contributed by atoms with Gasteiger partial charge >= 0.3 is 0 Å². The number of hydrogen-bond acceptors (Lipinski definition) is 4. The first kappa shape index (κ1) is 19.4. The van der Waals surface area contributed by atoms with Crippen LogP contribution < -0.4 is 15.1 Å². The number of hydrazone groups is 1. The molecule has 0 unspecified atom stereocenters. The van der Waals surface area contributed by atoms with Gasteiger partial charge in [0, 0.05) is 18.8 Å². The second-order valence-corrected chi connectivity index (χ2v) is 6.35. The van der Waals surface area contributed by atoms with Gasteiger partial charge in [-0.25, -0.2) is 5.43 Å². The number of hydrogen-bond donors (Lipinski definition) is 1. The van der Waals surface area contributed by atoms with E-state index in [0.717, 1.165) is 29.4 Å². The molecule has 0 atom stereocenters. The van der Waals surface area contributed by atoms with Crippen LogP contribution in [-0.2, 0) is 4.79 Å². The highest BCUT2D eigenvalue weighted by Crippen LogP contribution is 2.20. The maximum absolute atomic E-state index is 11.9. The van der Waals surface area contributed by atoms with Crippen LogP contribution in [0.3, 0.4) is 0 Å². The van der Waals surface area contributed by atoms with Gasteiger partial charge in [-0.05, 0) is 54.4 Å². The van der Waals surface area contributed by atoms with Gasteiger partial charge in [0.25, 0.3) is 5.91 Å². The minimum Gasteiger partial charge on any atom is -0.484 e. The molecule has 0 aliphatic heterocycles. The molecule has 3 rings (SSSR count). The average Bonchev–Trinajstić information content (AvgIpc) is 2.74. The summed E-state index contributed by atoms with van der Waals surface area (Å²) in [6.07, 6.45) is 1.62. The molecule has 0 heterocycles. The molecule has 0 aromatic heterocycles. The molecule has 5 nitrogen and oxygen atoms in total. The van der Waals surface area contributed by atoms with Crippen LogP contribution in [0.15, 0.2) is 71.8 Å². The molecule has 3 aromatic rings. The lowest BCUT2D eigenvalue weighted by molar-refractivity contribution is -0.123. The van der Waals surface area contributed by atoms with Crippen LogP contribution in [0.25, 0.3) is 10.8 Å². The Morgan fingerprint density at radius 2 is 1.71 bits per heavy atom. The Labute approximate surface area is 165 Å². The first-order valence-corrected chi connectivity index (χ1v) is 9.48. The largest absolute Gasteiger partial charge is 0.484 e. The van der Waals surface area contributed by atoms with Crippen molar-refractivity contribution < 1.29 is 9.53 Å². The SMILES string of the molecule is CCN(CC)c1ccc(/C=N\NC(=O)COc2ccc3ccccc3c2)cc1. The first-order valence-electron chi connectivity index (χ1n) is 9.48. The highest BCUT2D eigenvalue weighted by atomic mass is 16.5. The van der Waals surface area contributed by atoms with Crippen molar-refractivity contribution in [2.24, 2.45) is 5.10 Å². The molecule has 3 aromatic carbocycles. The molecule has 0 aliphatic carbocycles. The predicted molar refractivity (Wildman–Crippen MR) is 115 cm³/mol. The van der Waals surface area contributed by atoms with Crippen molar-refractivity contribution in [1.82, 2.24) is 5.43 Å². The summed E-state index contributed by atoms with van der Waals surface area (Å²) in [5.41, 5.74) is 4.59. The lowest BCUT2D eigenvalue weighted by Crippen LogP contribution is -2.24. The monoisotopic (exact) mass is 375 g/mol. The smallest absolute Gasteiger partial charge is 0.277 e. The van der Waals surface area contributed by atoms with E-state index in [-0.39, 0.29) is 12.5 Å². The van der Waals surface area contributed by atoms with E-state index in [1.54, 1.807) is 6.21 Å². The molecule has 1 N–H and O–H groups in total. The van der Waals surface area contributed by atoms with Gasteiger partial charge in [-0.1, -0.05) is 42.5 Å². The van der Waals surface area contributed by atoms with Gasteiger partial charge in [-0.2, -0.15) is 5.10 Å². The second kappa shape index (κ2) is 9.55. The van der Waals surface area contributed by atoms with Gasteiger partial charge < -0.3 is 9.64 Å². The zero-order valence-electron chi connectivity index (χ0n) is 16.3. The van der Waals surface area contributed by atoms with Crippen LogP contribution in [0.5, 0.6) is 5.75 Å². The Bertz CT molecular complexity index is 947. The van der Waals surface area contributed by atoms with E-state index in [0.29, 0.717) is 5.75 Å². The van der Waals surface area contributed by atoms with E-state index in [9.17, 15) is 4.79 Å². The fourth-order valence-corrected chi connectivity index (χ4v) is 2.98. The van der Waals surface area contributed by atoms with Crippen molar-refractivity contribution >= 4 is 28.6 Å². The molecule has 1 amide bonds. The van der Waals surface area contributed by atoms with E-state index in [1.807, 2.05) is 54.6 Å². The molecule has 144 valence electrons. The van der Waals surface area contributed by atoms with Gasteiger partial charge in [0.05, 0.1) is 6.21 Å². The Morgan fingerprint density at radius 3 is 2.43 bits per heavy atom.